The molecule has 1 aromatic rings. The maximum absolute atomic E-state index is 9.51. The highest BCUT2D eigenvalue weighted by molar-refractivity contribution is 5.28. The van der Waals surface area contributed by atoms with Crippen molar-refractivity contribution in [1.82, 2.24) is 0 Å². The molecule has 1 heterocycles. The number of hydrogen-bond acceptors (Lipinski definition) is 2. The number of phenolic OH excluding ortho intramolecular Hbond substituents is 1. The standard InChI is InChI=1S/C10H12O2/c11-10-3-1-8(2-4-10)9-5-6-12-7-9/h1-4,9,11H,5-7H2/i1D,2D,3D,4D,5D2,6D2,7D2,9D. The number of aromatic hydroxyl groups is 1. The first-order valence-electron chi connectivity index (χ1n) is 8.63. The summed E-state index contributed by atoms with van der Waals surface area (Å²) in [6, 6.07) is -4.03. The average Bonchev–Trinajstić information content (AvgIpc) is 2.49. The first-order chi connectivity index (χ1) is 10.1. The second kappa shape index (κ2) is 3.15. The fraction of sp³-hybridized carbons (Fsp3) is 0.400. The van der Waals surface area contributed by atoms with Crippen molar-refractivity contribution in [3.05, 3.63) is 29.7 Å². The summed E-state index contributed by atoms with van der Waals surface area (Å²) in [7, 11) is 0. The van der Waals surface area contributed by atoms with E-state index < -0.39 is 60.9 Å². The Kier molecular flexibility index (Phi) is 0.544. The molecule has 0 saturated carbocycles. The third-order valence-corrected chi connectivity index (χ3v) is 1.24. The normalized spacial score (nSPS) is 54.8. The Hall–Kier alpha value is -1.02. The third-order valence-electron chi connectivity index (χ3n) is 1.24. The largest absolute Gasteiger partial charge is 0.508 e. The van der Waals surface area contributed by atoms with Gasteiger partial charge < -0.3 is 9.84 Å². The molecule has 1 unspecified atom stereocenters. The number of ether oxygens (including phenoxy) is 1. The predicted octanol–water partition coefficient (Wildman–Crippen LogP) is 1.90. The first kappa shape index (κ1) is 2.07. The highest BCUT2D eigenvalue weighted by Crippen LogP contribution is 2.25. The Bertz CT molecular complexity index is 657. The average molecular weight is 175 g/mol. The van der Waals surface area contributed by atoms with Crippen molar-refractivity contribution >= 4 is 0 Å². The highest BCUT2D eigenvalue weighted by Gasteiger charge is 2.16. The molecule has 1 aromatic carbocycles. The highest BCUT2D eigenvalue weighted by atomic mass is 16.5. The second-order valence-corrected chi connectivity index (χ2v) is 2.03. The zero-order valence-electron chi connectivity index (χ0n) is 16.9. The maximum atomic E-state index is 9.51. The summed E-state index contributed by atoms with van der Waals surface area (Å²) in [6.45, 7) is -6.54. The van der Waals surface area contributed by atoms with Crippen LogP contribution in [0.1, 0.15) is 32.9 Å². The lowest BCUT2D eigenvalue weighted by Gasteiger charge is -2.06. The summed E-state index contributed by atoms with van der Waals surface area (Å²) in [6.07, 6.45) is -3.34. The van der Waals surface area contributed by atoms with E-state index in [1.54, 1.807) is 0 Å². The van der Waals surface area contributed by atoms with E-state index in [2.05, 4.69) is 4.74 Å². The quantitative estimate of drug-likeness (QED) is 0.706. The van der Waals surface area contributed by atoms with Crippen molar-refractivity contribution in [3.63, 3.8) is 0 Å². The molecule has 1 saturated heterocycles. The number of benzene rings is 1. The van der Waals surface area contributed by atoms with Crippen LogP contribution in [0.25, 0.3) is 0 Å². The fourth-order valence-electron chi connectivity index (χ4n) is 0.723. The summed E-state index contributed by atoms with van der Waals surface area (Å²) in [5, 5.41) is 9.51. The van der Waals surface area contributed by atoms with E-state index in [4.69, 9.17) is 15.1 Å². The molecule has 1 atom stereocenters. The van der Waals surface area contributed by atoms with Crippen LogP contribution in [0.5, 0.6) is 5.75 Å². The van der Waals surface area contributed by atoms with Crippen LogP contribution in [0.15, 0.2) is 24.2 Å². The van der Waals surface area contributed by atoms with Crippen LogP contribution in [0.4, 0.5) is 0 Å². The SMILES string of the molecule is [2H]c1c([2H])c(C2([2H])C([2H])([2H])OC([2H])([2H])C2([2H])[2H])c([2H])c([2H])c1O. The van der Waals surface area contributed by atoms with E-state index in [0.29, 0.717) is 0 Å². The molecule has 1 N–H and O–H groups in total. The van der Waals surface area contributed by atoms with Gasteiger partial charge in [0.25, 0.3) is 0 Å². The fourth-order valence-corrected chi connectivity index (χ4v) is 0.723. The molecule has 0 spiro atoms. The van der Waals surface area contributed by atoms with Gasteiger partial charge in [-0.1, -0.05) is 12.1 Å². The van der Waals surface area contributed by atoms with Crippen molar-refractivity contribution in [2.75, 3.05) is 13.1 Å². The zero-order chi connectivity index (χ0) is 18.2. The van der Waals surface area contributed by atoms with Crippen LogP contribution >= 0.6 is 0 Å². The molecule has 0 radical (unpaired) electrons. The Morgan fingerprint density at radius 3 is 2.92 bits per heavy atom. The minimum atomic E-state index is -3.34. The molecule has 64 valence electrons. The minimum Gasteiger partial charge on any atom is -0.508 e. The second-order valence-electron chi connectivity index (χ2n) is 2.03. The molecule has 1 fully saturated rings. The van der Waals surface area contributed by atoms with E-state index in [1.807, 2.05) is 0 Å². The van der Waals surface area contributed by atoms with E-state index in [-0.39, 0.29) is 0 Å². The lowest BCUT2D eigenvalue weighted by Crippen LogP contribution is -1.96. The van der Waals surface area contributed by atoms with E-state index in [9.17, 15) is 5.11 Å². The molecule has 1 aliphatic heterocycles. The summed E-state index contributed by atoms with van der Waals surface area (Å²) >= 11 is 0. The monoisotopic (exact) mass is 175 g/mol. The van der Waals surface area contributed by atoms with Gasteiger partial charge in [-0.3, -0.25) is 0 Å². The van der Waals surface area contributed by atoms with Crippen LogP contribution in [0.2, 0.25) is 0 Å². The van der Waals surface area contributed by atoms with Gasteiger partial charge in [0.15, 0.2) is 0 Å². The molecule has 2 heteroatoms. The third kappa shape index (κ3) is 1.43. The number of phenols is 1. The summed E-state index contributed by atoms with van der Waals surface area (Å²) in [4.78, 5) is 0. The molecule has 1 aliphatic rings. The van der Waals surface area contributed by atoms with Crippen LogP contribution in [-0.4, -0.2) is 18.2 Å². The number of rotatable bonds is 1. The van der Waals surface area contributed by atoms with Gasteiger partial charge in [0.05, 0.1) is 17.5 Å². The first-order valence-corrected chi connectivity index (χ1v) is 3.13. The molecule has 0 bridgehead atoms. The Balaban J connectivity index is 2.95. The lowest BCUT2D eigenvalue weighted by molar-refractivity contribution is 0.194. The van der Waals surface area contributed by atoms with E-state index in [1.165, 1.54) is 0 Å². The Morgan fingerprint density at radius 2 is 2.33 bits per heavy atom. The van der Waals surface area contributed by atoms with E-state index >= 15 is 0 Å². The summed E-state index contributed by atoms with van der Waals surface area (Å²) < 4.78 is 89.2. The van der Waals surface area contributed by atoms with Gasteiger partial charge in [-0.15, -0.1) is 0 Å². The maximum Gasteiger partial charge on any atom is 0.115 e. The van der Waals surface area contributed by atoms with Gasteiger partial charge >= 0.3 is 0 Å². The molecular weight excluding hydrogens is 152 g/mol. The van der Waals surface area contributed by atoms with Crippen molar-refractivity contribution in [2.45, 2.75) is 12.3 Å². The molecular formula is C10H12O2. The van der Waals surface area contributed by atoms with Gasteiger partial charge in [-0.2, -0.15) is 0 Å². The van der Waals surface area contributed by atoms with Gasteiger partial charge in [0.2, 0.25) is 0 Å². The summed E-state index contributed by atoms with van der Waals surface area (Å²) in [5.41, 5.74) is -1.03. The van der Waals surface area contributed by atoms with Crippen molar-refractivity contribution < 1.29 is 24.9 Å². The minimum absolute atomic E-state index is 0.980. The summed E-state index contributed by atoms with van der Waals surface area (Å²) in [5.74, 6) is -4.27. The van der Waals surface area contributed by atoms with Gasteiger partial charge in [-0.05, 0) is 24.0 Å². The topological polar surface area (TPSA) is 29.5 Å². The molecule has 0 amide bonds. The van der Waals surface area contributed by atoms with Crippen molar-refractivity contribution in [2.24, 2.45) is 0 Å². The van der Waals surface area contributed by atoms with Crippen LogP contribution in [0, 0.1) is 0 Å². The van der Waals surface area contributed by atoms with Crippen molar-refractivity contribution in [3.8, 4) is 5.75 Å². The van der Waals surface area contributed by atoms with E-state index in [0.717, 1.165) is 0 Å². The van der Waals surface area contributed by atoms with Gasteiger partial charge in [0, 0.05) is 16.6 Å². The van der Waals surface area contributed by atoms with Crippen LogP contribution in [-0.2, 0) is 4.74 Å². The van der Waals surface area contributed by atoms with Crippen molar-refractivity contribution in [1.29, 1.82) is 0 Å². The van der Waals surface area contributed by atoms with Crippen LogP contribution < -0.4 is 0 Å². The Labute approximate surface area is 87.2 Å². The molecule has 2 rings (SSSR count). The molecule has 12 heavy (non-hydrogen) atoms. The lowest BCUT2D eigenvalue weighted by atomic mass is 9.99. The number of hydrogen-bond donors (Lipinski definition) is 1. The van der Waals surface area contributed by atoms with Gasteiger partial charge in [-0.25, -0.2) is 0 Å². The van der Waals surface area contributed by atoms with Crippen LogP contribution in [0.3, 0.4) is 0 Å². The molecule has 0 aliphatic carbocycles. The Morgan fingerprint density at radius 1 is 1.58 bits per heavy atom. The van der Waals surface area contributed by atoms with Gasteiger partial charge in [0.1, 0.15) is 5.75 Å². The predicted molar refractivity (Wildman–Crippen MR) is 46.3 cm³/mol. The smallest absolute Gasteiger partial charge is 0.115 e. The zero-order valence-corrected chi connectivity index (χ0v) is 5.86. The molecule has 0 aromatic heterocycles. The molecule has 2 nitrogen and oxygen atoms in total.